The molecular formula is C17H25N3O5. The smallest absolute Gasteiger partial charge is 0.340 e. The van der Waals surface area contributed by atoms with Crippen molar-refractivity contribution in [2.45, 2.75) is 33.7 Å². The maximum absolute atomic E-state index is 12.5. The largest absolute Gasteiger partial charge is 0.462 e. The molecule has 0 radical (unpaired) electrons. The van der Waals surface area contributed by atoms with E-state index in [0.717, 1.165) is 0 Å². The number of nitrogens with zero attached hydrogens (tertiary/aromatic N) is 1. The van der Waals surface area contributed by atoms with Gasteiger partial charge in [0.15, 0.2) is 0 Å². The van der Waals surface area contributed by atoms with Crippen molar-refractivity contribution in [3.05, 3.63) is 22.5 Å². The van der Waals surface area contributed by atoms with Gasteiger partial charge in [-0.1, -0.05) is 0 Å². The van der Waals surface area contributed by atoms with Crippen LogP contribution in [0, 0.1) is 13.8 Å². The number of hydrogen-bond donors (Lipinski definition) is 2. The van der Waals surface area contributed by atoms with Gasteiger partial charge >= 0.3 is 5.97 Å². The summed E-state index contributed by atoms with van der Waals surface area (Å²) in [4.78, 5) is 41.5. The lowest BCUT2D eigenvalue weighted by Gasteiger charge is -2.29. The van der Waals surface area contributed by atoms with E-state index < -0.39 is 17.9 Å². The maximum atomic E-state index is 12.5. The number of hydrogen-bond acceptors (Lipinski definition) is 5. The average molecular weight is 351 g/mol. The van der Waals surface area contributed by atoms with Crippen molar-refractivity contribution in [3.8, 4) is 0 Å². The van der Waals surface area contributed by atoms with Crippen LogP contribution < -0.4 is 5.32 Å². The molecule has 2 rings (SSSR count). The van der Waals surface area contributed by atoms with E-state index in [0.29, 0.717) is 43.1 Å². The zero-order valence-corrected chi connectivity index (χ0v) is 15.1. The van der Waals surface area contributed by atoms with Gasteiger partial charge in [0.05, 0.1) is 25.4 Å². The lowest BCUT2D eigenvalue weighted by Crippen LogP contribution is -2.50. The highest BCUT2D eigenvalue weighted by Crippen LogP contribution is 2.19. The normalized spacial score (nSPS) is 15.6. The van der Waals surface area contributed by atoms with E-state index in [9.17, 15) is 14.4 Å². The van der Waals surface area contributed by atoms with Gasteiger partial charge in [0, 0.05) is 18.8 Å². The van der Waals surface area contributed by atoms with Gasteiger partial charge in [-0.2, -0.15) is 0 Å². The highest BCUT2D eigenvalue weighted by molar-refractivity contribution is 6.01. The molecular weight excluding hydrogens is 326 g/mol. The molecule has 8 nitrogen and oxygen atoms in total. The minimum absolute atomic E-state index is 0.150. The molecule has 1 unspecified atom stereocenters. The first-order valence-corrected chi connectivity index (χ1v) is 8.40. The van der Waals surface area contributed by atoms with Gasteiger partial charge in [-0.25, -0.2) is 4.79 Å². The van der Waals surface area contributed by atoms with E-state index in [1.54, 1.807) is 32.6 Å². The SMILES string of the molecule is CCOC(=O)c1c(C)[nH]c(C(=O)NC(C)C(=O)N2CCOCC2)c1C. The molecule has 1 atom stereocenters. The number of ether oxygens (including phenoxy) is 2. The Hall–Kier alpha value is -2.35. The molecule has 2 amide bonds. The Morgan fingerprint density at radius 1 is 1.28 bits per heavy atom. The van der Waals surface area contributed by atoms with Crippen LogP contribution in [-0.4, -0.2) is 66.6 Å². The summed E-state index contributed by atoms with van der Waals surface area (Å²) in [6.07, 6.45) is 0. The number of aromatic amines is 1. The lowest BCUT2D eigenvalue weighted by atomic mass is 10.1. The molecule has 1 fully saturated rings. The summed E-state index contributed by atoms with van der Waals surface area (Å²) < 4.78 is 10.2. The number of aromatic nitrogens is 1. The second-order valence-electron chi connectivity index (χ2n) is 5.98. The lowest BCUT2D eigenvalue weighted by molar-refractivity contribution is -0.136. The van der Waals surface area contributed by atoms with Crippen LogP contribution in [-0.2, 0) is 14.3 Å². The Morgan fingerprint density at radius 3 is 2.52 bits per heavy atom. The van der Waals surface area contributed by atoms with Crippen molar-refractivity contribution in [2.75, 3.05) is 32.9 Å². The third kappa shape index (κ3) is 4.19. The summed E-state index contributed by atoms with van der Waals surface area (Å²) in [6, 6.07) is -0.667. The Kier molecular flexibility index (Phi) is 6.19. The van der Waals surface area contributed by atoms with Gasteiger partial charge in [-0.3, -0.25) is 9.59 Å². The standard InChI is InChI=1S/C17H25N3O5/c1-5-25-17(23)13-10(2)14(18-11(13)3)15(21)19-12(4)16(22)20-6-8-24-9-7-20/h12,18H,5-9H2,1-4H3,(H,19,21). The summed E-state index contributed by atoms with van der Waals surface area (Å²) in [5.74, 6) is -1.04. The monoisotopic (exact) mass is 351 g/mol. The summed E-state index contributed by atoms with van der Waals surface area (Å²) in [5, 5.41) is 2.69. The average Bonchev–Trinajstić information content (AvgIpc) is 2.89. The number of amides is 2. The molecule has 2 N–H and O–H groups in total. The predicted molar refractivity (Wildman–Crippen MR) is 90.6 cm³/mol. The van der Waals surface area contributed by atoms with Gasteiger partial charge in [-0.05, 0) is 33.3 Å². The summed E-state index contributed by atoms with van der Waals surface area (Å²) >= 11 is 0. The molecule has 0 aliphatic carbocycles. The summed E-state index contributed by atoms with van der Waals surface area (Å²) in [7, 11) is 0. The van der Waals surface area contributed by atoms with Gasteiger partial charge in [0.2, 0.25) is 5.91 Å². The van der Waals surface area contributed by atoms with Crippen LogP contribution in [0.2, 0.25) is 0 Å². The number of morpholine rings is 1. The Bertz CT molecular complexity index is 661. The zero-order valence-electron chi connectivity index (χ0n) is 15.1. The van der Waals surface area contributed by atoms with Gasteiger partial charge in [0.1, 0.15) is 11.7 Å². The Balaban J connectivity index is 2.09. The van der Waals surface area contributed by atoms with E-state index in [2.05, 4.69) is 10.3 Å². The van der Waals surface area contributed by atoms with Crippen LogP contribution in [0.15, 0.2) is 0 Å². The number of carbonyl (C=O) groups excluding carboxylic acids is 3. The molecule has 2 heterocycles. The third-order valence-corrected chi connectivity index (χ3v) is 4.18. The van der Waals surface area contributed by atoms with Crippen molar-refractivity contribution < 1.29 is 23.9 Å². The number of esters is 1. The summed E-state index contributed by atoms with van der Waals surface area (Å²) in [5.41, 5.74) is 1.70. The van der Waals surface area contributed by atoms with E-state index in [1.807, 2.05) is 0 Å². The van der Waals surface area contributed by atoms with E-state index in [4.69, 9.17) is 9.47 Å². The van der Waals surface area contributed by atoms with Gasteiger partial charge in [0.25, 0.3) is 5.91 Å². The quantitative estimate of drug-likeness (QED) is 0.764. The Morgan fingerprint density at radius 2 is 1.92 bits per heavy atom. The zero-order chi connectivity index (χ0) is 18.6. The third-order valence-electron chi connectivity index (χ3n) is 4.18. The van der Waals surface area contributed by atoms with Crippen molar-refractivity contribution in [2.24, 2.45) is 0 Å². The van der Waals surface area contributed by atoms with Crippen LogP contribution >= 0.6 is 0 Å². The molecule has 138 valence electrons. The van der Waals surface area contributed by atoms with Crippen LogP contribution in [0.3, 0.4) is 0 Å². The van der Waals surface area contributed by atoms with Crippen LogP contribution in [0.4, 0.5) is 0 Å². The molecule has 0 bridgehead atoms. The molecule has 0 saturated carbocycles. The van der Waals surface area contributed by atoms with E-state index >= 15 is 0 Å². The second kappa shape index (κ2) is 8.15. The highest BCUT2D eigenvalue weighted by atomic mass is 16.5. The van der Waals surface area contributed by atoms with Gasteiger partial charge < -0.3 is 24.7 Å². The van der Waals surface area contributed by atoms with Crippen molar-refractivity contribution in [1.29, 1.82) is 0 Å². The fourth-order valence-electron chi connectivity index (χ4n) is 2.87. The molecule has 0 aromatic carbocycles. The number of aryl methyl sites for hydroxylation is 1. The van der Waals surface area contributed by atoms with Crippen molar-refractivity contribution in [1.82, 2.24) is 15.2 Å². The predicted octanol–water partition coefficient (Wildman–Crippen LogP) is 0.785. The molecule has 0 spiro atoms. The number of nitrogens with one attached hydrogen (secondary N) is 2. The minimum Gasteiger partial charge on any atom is -0.462 e. The molecule has 1 aromatic heterocycles. The Labute approximate surface area is 146 Å². The van der Waals surface area contributed by atoms with Crippen LogP contribution in [0.5, 0.6) is 0 Å². The van der Waals surface area contributed by atoms with Crippen LogP contribution in [0.1, 0.15) is 46.0 Å². The number of carbonyl (C=O) groups is 3. The van der Waals surface area contributed by atoms with Crippen molar-refractivity contribution in [3.63, 3.8) is 0 Å². The highest BCUT2D eigenvalue weighted by Gasteiger charge is 2.27. The molecule has 25 heavy (non-hydrogen) atoms. The topological polar surface area (TPSA) is 101 Å². The second-order valence-corrected chi connectivity index (χ2v) is 5.98. The first-order valence-electron chi connectivity index (χ1n) is 8.40. The van der Waals surface area contributed by atoms with E-state index in [-0.39, 0.29) is 18.2 Å². The van der Waals surface area contributed by atoms with Gasteiger partial charge in [-0.15, -0.1) is 0 Å². The minimum atomic E-state index is -0.667. The first kappa shape index (κ1) is 19.0. The fraction of sp³-hybridized carbons (Fsp3) is 0.588. The fourth-order valence-corrected chi connectivity index (χ4v) is 2.87. The summed E-state index contributed by atoms with van der Waals surface area (Å²) in [6.45, 7) is 9.07. The molecule has 1 saturated heterocycles. The maximum Gasteiger partial charge on any atom is 0.340 e. The molecule has 1 aliphatic rings. The number of rotatable bonds is 5. The first-order chi connectivity index (χ1) is 11.9. The van der Waals surface area contributed by atoms with E-state index in [1.165, 1.54) is 0 Å². The molecule has 1 aromatic rings. The number of H-pyrrole nitrogens is 1. The van der Waals surface area contributed by atoms with Crippen molar-refractivity contribution >= 4 is 17.8 Å². The van der Waals surface area contributed by atoms with Crippen LogP contribution in [0.25, 0.3) is 0 Å². The molecule has 1 aliphatic heterocycles. The molecule has 8 heteroatoms.